The van der Waals surface area contributed by atoms with Gasteiger partial charge in [-0.2, -0.15) is 13.2 Å². The third kappa shape index (κ3) is 2.79. The van der Waals surface area contributed by atoms with Crippen LogP contribution in [0.4, 0.5) is 13.2 Å². The Labute approximate surface area is 128 Å². The molecule has 111 valence electrons. The van der Waals surface area contributed by atoms with Gasteiger partial charge in [0, 0.05) is 0 Å². The van der Waals surface area contributed by atoms with Crippen molar-refractivity contribution < 1.29 is 13.2 Å². The molecule has 0 unspecified atom stereocenters. The molecule has 3 rings (SSSR count). The van der Waals surface area contributed by atoms with E-state index in [0.29, 0.717) is 0 Å². The standard InChI is InChI=1S/C18H14F3Si/c1-22(15-11-9-14(10-12-15)18(19,20)21)17-8-4-6-13-5-2-3-7-16(13)17/h2-12H,1H3. The molecule has 4 heteroatoms. The van der Waals surface area contributed by atoms with Gasteiger partial charge in [-0.15, -0.1) is 0 Å². The largest absolute Gasteiger partial charge is 0.416 e. The fraction of sp³-hybridized carbons (Fsp3) is 0.111. The highest BCUT2D eigenvalue weighted by Crippen LogP contribution is 2.28. The third-order valence-electron chi connectivity index (χ3n) is 3.84. The van der Waals surface area contributed by atoms with Crippen molar-refractivity contribution in [2.24, 2.45) is 0 Å². The molecule has 0 atom stereocenters. The lowest BCUT2D eigenvalue weighted by Gasteiger charge is -2.14. The molecular weight excluding hydrogens is 301 g/mol. The minimum absolute atomic E-state index is 0.594. The molecule has 0 N–H and O–H groups in total. The molecule has 0 saturated heterocycles. The molecule has 0 saturated carbocycles. The molecule has 3 aromatic rings. The Hall–Kier alpha value is -2.07. The van der Waals surface area contributed by atoms with Crippen LogP contribution in [0.1, 0.15) is 5.56 Å². The van der Waals surface area contributed by atoms with Crippen LogP contribution in [0.25, 0.3) is 10.8 Å². The summed E-state index contributed by atoms with van der Waals surface area (Å²) in [5.41, 5.74) is -0.594. The van der Waals surface area contributed by atoms with Gasteiger partial charge in [0.15, 0.2) is 0 Å². The molecule has 22 heavy (non-hydrogen) atoms. The summed E-state index contributed by atoms with van der Waals surface area (Å²) >= 11 is 0. The van der Waals surface area contributed by atoms with Crippen molar-refractivity contribution >= 4 is 29.9 Å². The smallest absolute Gasteiger partial charge is 0.166 e. The molecule has 1 radical (unpaired) electrons. The van der Waals surface area contributed by atoms with E-state index in [1.807, 2.05) is 18.2 Å². The molecule has 0 aliphatic heterocycles. The molecule has 0 aliphatic carbocycles. The highest BCUT2D eigenvalue weighted by atomic mass is 28.3. The molecule has 0 fully saturated rings. The first kappa shape index (κ1) is 14.8. The maximum atomic E-state index is 12.7. The first-order valence-corrected chi connectivity index (χ1v) is 8.96. The summed E-state index contributed by atoms with van der Waals surface area (Å²) < 4.78 is 38.0. The number of benzene rings is 3. The molecule has 0 spiro atoms. The van der Waals surface area contributed by atoms with E-state index in [1.54, 1.807) is 12.1 Å². The summed E-state index contributed by atoms with van der Waals surface area (Å²) in [6.45, 7) is 2.12. The van der Waals surface area contributed by atoms with E-state index in [0.717, 1.165) is 10.6 Å². The quantitative estimate of drug-likeness (QED) is 0.625. The molecule has 0 aromatic heterocycles. The second-order valence-corrected chi connectivity index (χ2v) is 7.59. The minimum atomic E-state index is -4.28. The Morgan fingerprint density at radius 2 is 1.41 bits per heavy atom. The average Bonchev–Trinajstić information content (AvgIpc) is 2.53. The van der Waals surface area contributed by atoms with Gasteiger partial charge in [-0.3, -0.25) is 0 Å². The van der Waals surface area contributed by atoms with Gasteiger partial charge in [-0.05, 0) is 16.0 Å². The van der Waals surface area contributed by atoms with Gasteiger partial charge in [-0.25, -0.2) is 0 Å². The SMILES string of the molecule is C[Si](c1ccc(C(F)(F)F)cc1)c1cccc2ccccc12. The van der Waals surface area contributed by atoms with E-state index < -0.39 is 20.5 Å². The van der Waals surface area contributed by atoms with Gasteiger partial charge >= 0.3 is 6.18 Å². The maximum Gasteiger partial charge on any atom is 0.416 e. The lowest BCUT2D eigenvalue weighted by molar-refractivity contribution is -0.137. The maximum absolute atomic E-state index is 12.7. The van der Waals surface area contributed by atoms with Crippen molar-refractivity contribution in [2.45, 2.75) is 12.7 Å². The second kappa shape index (κ2) is 5.61. The molecule has 0 nitrogen and oxygen atoms in total. The Kier molecular flexibility index (Phi) is 3.79. The monoisotopic (exact) mass is 315 g/mol. The zero-order valence-corrected chi connectivity index (χ0v) is 13.0. The third-order valence-corrected chi connectivity index (χ3v) is 6.28. The van der Waals surface area contributed by atoms with Crippen LogP contribution in [-0.4, -0.2) is 8.80 Å². The molecule has 0 heterocycles. The lowest BCUT2D eigenvalue weighted by Crippen LogP contribution is -2.39. The van der Waals surface area contributed by atoms with Crippen molar-refractivity contribution in [3.63, 3.8) is 0 Å². The Balaban J connectivity index is 2.01. The molecule has 0 amide bonds. The van der Waals surface area contributed by atoms with Gasteiger partial charge in [0.2, 0.25) is 0 Å². The van der Waals surface area contributed by atoms with Crippen LogP contribution in [0.5, 0.6) is 0 Å². The van der Waals surface area contributed by atoms with Gasteiger partial charge in [0.05, 0.1) is 5.56 Å². The van der Waals surface area contributed by atoms with Crippen LogP contribution >= 0.6 is 0 Å². The number of hydrogen-bond donors (Lipinski definition) is 0. The normalized spacial score (nSPS) is 12.0. The number of halogens is 3. The van der Waals surface area contributed by atoms with E-state index in [4.69, 9.17) is 0 Å². The number of hydrogen-bond acceptors (Lipinski definition) is 0. The zero-order valence-electron chi connectivity index (χ0n) is 12.0. The van der Waals surface area contributed by atoms with E-state index >= 15 is 0 Å². The number of rotatable bonds is 2. The number of fused-ring (bicyclic) bond motifs is 1. The Bertz CT molecular complexity index is 786. The van der Waals surface area contributed by atoms with Crippen LogP contribution in [-0.2, 0) is 6.18 Å². The summed E-state index contributed by atoms with van der Waals surface area (Å²) in [6, 6.07) is 19.8. The van der Waals surface area contributed by atoms with Crippen LogP contribution in [0, 0.1) is 0 Å². The van der Waals surface area contributed by atoms with E-state index in [1.165, 1.54) is 22.7 Å². The fourth-order valence-electron chi connectivity index (χ4n) is 2.62. The van der Waals surface area contributed by atoms with Crippen LogP contribution in [0.15, 0.2) is 66.7 Å². The predicted molar refractivity (Wildman–Crippen MR) is 86.3 cm³/mol. The topological polar surface area (TPSA) is 0 Å². The van der Waals surface area contributed by atoms with Gasteiger partial charge < -0.3 is 0 Å². The molecule has 3 aromatic carbocycles. The first-order valence-electron chi connectivity index (χ1n) is 6.96. The average molecular weight is 315 g/mol. The van der Waals surface area contributed by atoms with E-state index in [9.17, 15) is 13.2 Å². The zero-order chi connectivity index (χ0) is 15.7. The van der Waals surface area contributed by atoms with Crippen LogP contribution in [0.2, 0.25) is 6.55 Å². The summed E-state index contributed by atoms with van der Waals surface area (Å²) in [4.78, 5) is 0. The van der Waals surface area contributed by atoms with Crippen LogP contribution < -0.4 is 10.4 Å². The van der Waals surface area contributed by atoms with Crippen molar-refractivity contribution in [3.8, 4) is 0 Å². The summed E-state index contributed by atoms with van der Waals surface area (Å²) in [5, 5.41) is 4.55. The van der Waals surface area contributed by atoms with Crippen molar-refractivity contribution in [1.29, 1.82) is 0 Å². The molecule has 0 aliphatic rings. The number of alkyl halides is 3. The van der Waals surface area contributed by atoms with Gasteiger partial charge in [0.25, 0.3) is 0 Å². The Morgan fingerprint density at radius 3 is 2.09 bits per heavy atom. The van der Waals surface area contributed by atoms with E-state index in [2.05, 4.69) is 30.8 Å². The fourth-order valence-corrected chi connectivity index (χ4v) is 4.57. The van der Waals surface area contributed by atoms with Gasteiger partial charge in [0.1, 0.15) is 8.80 Å². The first-order chi connectivity index (χ1) is 10.5. The second-order valence-electron chi connectivity index (χ2n) is 5.23. The van der Waals surface area contributed by atoms with Crippen molar-refractivity contribution in [2.75, 3.05) is 0 Å². The van der Waals surface area contributed by atoms with E-state index in [-0.39, 0.29) is 0 Å². The molecular formula is C18H14F3Si. The summed E-state index contributed by atoms with van der Waals surface area (Å²) in [5.74, 6) is 0. The van der Waals surface area contributed by atoms with Crippen molar-refractivity contribution in [1.82, 2.24) is 0 Å². The predicted octanol–water partition coefficient (Wildman–Crippen LogP) is 4.10. The van der Waals surface area contributed by atoms with Gasteiger partial charge in [-0.1, -0.05) is 78.5 Å². The summed E-state index contributed by atoms with van der Waals surface area (Å²) in [6.07, 6.45) is -4.28. The molecule has 0 bridgehead atoms. The Morgan fingerprint density at radius 1 is 0.773 bits per heavy atom. The minimum Gasteiger partial charge on any atom is -0.166 e. The summed E-state index contributed by atoms with van der Waals surface area (Å²) in [7, 11) is -1.10. The van der Waals surface area contributed by atoms with Crippen LogP contribution in [0.3, 0.4) is 0 Å². The highest BCUT2D eigenvalue weighted by molar-refractivity contribution is 6.85. The highest BCUT2D eigenvalue weighted by Gasteiger charge is 2.30. The lowest BCUT2D eigenvalue weighted by atomic mass is 10.1. The van der Waals surface area contributed by atoms with Crippen molar-refractivity contribution in [3.05, 3.63) is 72.3 Å².